The molecule has 0 radical (unpaired) electrons. The molecule has 55 heavy (non-hydrogen) atoms. The summed E-state index contributed by atoms with van der Waals surface area (Å²) in [6.07, 6.45) is -2.87. The predicted octanol–water partition coefficient (Wildman–Crippen LogP) is 3.87. The first-order valence-electron chi connectivity index (χ1n) is 18.5. The van der Waals surface area contributed by atoms with Crippen molar-refractivity contribution >= 4 is 44.9 Å². The second-order valence-electron chi connectivity index (χ2n) is 15.9. The Balaban J connectivity index is 1.26. The molecule has 4 amide bonds. The molecule has 2 aromatic carbocycles. The van der Waals surface area contributed by atoms with E-state index in [1.54, 1.807) is 20.8 Å². The molecule has 2 saturated carbocycles. The third-order valence-corrected chi connectivity index (χ3v) is 12.4. The monoisotopic (exact) mass is 782 g/mol. The number of hydrogen-bond acceptors (Lipinski definition) is 10. The fraction of sp³-hybridized carbons (Fsp3) is 0.526. The molecule has 3 N–H and O–H groups in total. The zero-order valence-corrected chi connectivity index (χ0v) is 31.5. The van der Waals surface area contributed by atoms with Crippen molar-refractivity contribution in [3.63, 3.8) is 0 Å². The summed E-state index contributed by atoms with van der Waals surface area (Å²) in [5.41, 5.74) is 0.157. The van der Waals surface area contributed by atoms with E-state index in [2.05, 4.69) is 10.6 Å². The van der Waals surface area contributed by atoms with Gasteiger partial charge in [0.05, 0.1) is 35.4 Å². The quantitative estimate of drug-likeness (QED) is 0.318. The molecule has 0 spiro atoms. The van der Waals surface area contributed by atoms with Crippen molar-refractivity contribution in [1.29, 1.82) is 0 Å². The zero-order chi connectivity index (χ0) is 39.3. The SMILES string of the molecule is CC(C)(C)[C@@H]1NC(=O)OCCCCc2ccc3nc(-c4ccccc4)c(nc3c2)O[C@@H]2C[C@@H](C(=O)N[C@@]3(C(=O)NS(=O)(=O)C4CC4)C[C@H]3C(F)F)N(C2)C1=O. The van der Waals surface area contributed by atoms with Crippen LogP contribution in [0.5, 0.6) is 5.88 Å². The Labute approximate surface area is 317 Å². The van der Waals surface area contributed by atoms with Crippen molar-refractivity contribution in [2.24, 2.45) is 11.3 Å². The highest BCUT2D eigenvalue weighted by Gasteiger charge is 2.67. The number of aryl methyl sites for hydroxylation is 1. The van der Waals surface area contributed by atoms with Crippen LogP contribution in [0.25, 0.3) is 22.3 Å². The molecule has 5 atom stereocenters. The molecule has 3 heterocycles. The smallest absolute Gasteiger partial charge is 0.407 e. The predicted molar refractivity (Wildman–Crippen MR) is 195 cm³/mol. The van der Waals surface area contributed by atoms with Gasteiger partial charge in [0.1, 0.15) is 29.4 Å². The average molecular weight is 783 g/mol. The molecule has 17 heteroatoms. The summed E-state index contributed by atoms with van der Waals surface area (Å²) >= 11 is 0. The number of alkyl halides is 2. The van der Waals surface area contributed by atoms with Gasteiger partial charge >= 0.3 is 6.09 Å². The minimum absolute atomic E-state index is 0.0887. The number of amides is 4. The van der Waals surface area contributed by atoms with Crippen molar-refractivity contribution in [1.82, 2.24) is 30.2 Å². The number of sulfonamides is 1. The van der Waals surface area contributed by atoms with Gasteiger partial charge in [-0.1, -0.05) is 57.2 Å². The highest BCUT2D eigenvalue weighted by molar-refractivity contribution is 7.91. The molecule has 2 aliphatic carbocycles. The van der Waals surface area contributed by atoms with E-state index >= 15 is 0 Å². The number of benzene rings is 2. The normalized spacial score (nSPS) is 26.2. The van der Waals surface area contributed by atoms with E-state index in [1.165, 1.54) is 4.90 Å². The summed E-state index contributed by atoms with van der Waals surface area (Å²) in [4.78, 5) is 66.2. The van der Waals surface area contributed by atoms with E-state index < -0.39 is 87.0 Å². The maximum atomic E-state index is 14.5. The third-order valence-electron chi connectivity index (χ3n) is 10.6. The number of carbonyl (C=O) groups excluding carboxylic acids is 4. The van der Waals surface area contributed by atoms with Crippen LogP contribution in [-0.2, 0) is 35.6 Å². The van der Waals surface area contributed by atoms with Crippen LogP contribution < -0.4 is 20.1 Å². The summed E-state index contributed by atoms with van der Waals surface area (Å²) in [5.74, 6) is -4.40. The van der Waals surface area contributed by atoms with Gasteiger partial charge < -0.3 is 25.0 Å². The number of cyclic esters (lactones) is 1. The van der Waals surface area contributed by atoms with Crippen LogP contribution in [0.2, 0.25) is 0 Å². The molecule has 3 aromatic rings. The first-order chi connectivity index (χ1) is 26.1. The number of carbonyl (C=O) groups is 4. The number of halogens is 2. The summed E-state index contributed by atoms with van der Waals surface area (Å²) in [5, 5.41) is 4.27. The molecule has 2 aliphatic heterocycles. The van der Waals surface area contributed by atoms with Crippen molar-refractivity contribution in [3.8, 4) is 17.1 Å². The van der Waals surface area contributed by atoms with E-state index in [1.807, 2.05) is 53.3 Å². The Morgan fingerprint density at radius 3 is 2.45 bits per heavy atom. The van der Waals surface area contributed by atoms with Gasteiger partial charge in [0.25, 0.3) is 5.91 Å². The number of nitrogens with zero attached hydrogens (tertiary/aromatic N) is 3. The van der Waals surface area contributed by atoms with E-state index in [0.717, 1.165) is 5.56 Å². The van der Waals surface area contributed by atoms with Crippen molar-refractivity contribution in [2.45, 2.75) is 101 Å². The van der Waals surface area contributed by atoms with Gasteiger partial charge in [-0.2, -0.15) is 0 Å². The lowest BCUT2D eigenvalue weighted by molar-refractivity contribution is -0.143. The van der Waals surface area contributed by atoms with Gasteiger partial charge in [-0.3, -0.25) is 19.1 Å². The minimum Gasteiger partial charge on any atom is -0.471 e. The lowest BCUT2D eigenvalue weighted by Crippen LogP contribution is -2.60. The number of hydrogen-bond donors (Lipinski definition) is 3. The lowest BCUT2D eigenvalue weighted by Gasteiger charge is -2.35. The standard InChI is InChI=1S/C38H44F2N6O8S/c1-37(2,3)30-34(48)46-20-23(18-28(46)32(47)44-38(19-25(38)31(39)40)35(49)45-55(51,52)24-13-14-24)54-33-29(22-10-5-4-6-11-22)41-26-15-12-21(17-27(26)42-33)9-7-8-16-53-36(50)43-30/h4-6,10-12,15,17,23-25,28,30-31H,7-9,13-14,16,18-20H2,1-3H3,(H,43,50)(H,44,47)(H,45,49)/t23-,25+,28+,30-,38+/m1/s1. The number of nitrogens with one attached hydrogen (secondary N) is 3. The van der Waals surface area contributed by atoms with Crippen molar-refractivity contribution in [2.75, 3.05) is 13.2 Å². The molecule has 294 valence electrons. The molecular formula is C38H44F2N6O8S. The van der Waals surface area contributed by atoms with Gasteiger partial charge in [-0.05, 0) is 61.6 Å². The van der Waals surface area contributed by atoms with Gasteiger partial charge in [0.2, 0.25) is 34.1 Å². The lowest BCUT2D eigenvalue weighted by atomic mass is 9.85. The molecule has 14 nitrogen and oxygen atoms in total. The van der Waals surface area contributed by atoms with E-state index in [9.17, 15) is 36.4 Å². The number of alkyl carbamates (subject to hydrolysis) is 1. The van der Waals surface area contributed by atoms with Crippen LogP contribution >= 0.6 is 0 Å². The zero-order valence-electron chi connectivity index (χ0n) is 30.7. The van der Waals surface area contributed by atoms with Crippen LogP contribution in [0.15, 0.2) is 48.5 Å². The number of fused-ring (bicyclic) bond motifs is 4. The second kappa shape index (κ2) is 14.6. The number of rotatable bonds is 7. The first-order valence-corrected chi connectivity index (χ1v) is 20.0. The average Bonchev–Trinajstić information content (AvgIpc) is 4.06. The number of aromatic nitrogens is 2. The van der Waals surface area contributed by atoms with Crippen molar-refractivity contribution in [3.05, 3.63) is 54.1 Å². The highest BCUT2D eigenvalue weighted by atomic mass is 32.2. The Kier molecular flexibility index (Phi) is 10.2. The van der Waals surface area contributed by atoms with Crippen LogP contribution in [-0.4, -0.2) is 95.7 Å². The molecule has 1 saturated heterocycles. The Morgan fingerprint density at radius 2 is 1.78 bits per heavy atom. The summed E-state index contributed by atoms with van der Waals surface area (Å²) < 4.78 is 67.5. The van der Waals surface area contributed by atoms with Crippen LogP contribution in [0.4, 0.5) is 13.6 Å². The van der Waals surface area contributed by atoms with E-state index in [-0.39, 0.29) is 25.5 Å². The van der Waals surface area contributed by atoms with Crippen LogP contribution in [0.1, 0.15) is 64.9 Å². The van der Waals surface area contributed by atoms with E-state index in [0.29, 0.717) is 54.4 Å². The number of ether oxygens (including phenoxy) is 2. The molecule has 5 bridgehead atoms. The Morgan fingerprint density at radius 1 is 1.04 bits per heavy atom. The first kappa shape index (κ1) is 38.3. The minimum atomic E-state index is -4.13. The van der Waals surface area contributed by atoms with E-state index in [4.69, 9.17) is 19.4 Å². The second-order valence-corrected chi connectivity index (χ2v) is 17.8. The third kappa shape index (κ3) is 8.07. The summed E-state index contributed by atoms with van der Waals surface area (Å²) in [6.45, 7) is 5.07. The summed E-state index contributed by atoms with van der Waals surface area (Å²) in [6, 6.07) is 12.4. The molecule has 0 unspecified atom stereocenters. The summed E-state index contributed by atoms with van der Waals surface area (Å²) in [7, 11) is -4.13. The maximum absolute atomic E-state index is 14.5. The molecule has 3 fully saturated rings. The van der Waals surface area contributed by atoms with Crippen LogP contribution in [0.3, 0.4) is 0 Å². The van der Waals surface area contributed by atoms with Gasteiger partial charge in [0.15, 0.2) is 0 Å². The largest absolute Gasteiger partial charge is 0.471 e. The molecule has 7 rings (SSSR count). The molecule has 1 aromatic heterocycles. The topological polar surface area (TPSA) is 186 Å². The van der Waals surface area contributed by atoms with Gasteiger partial charge in [-0.25, -0.2) is 32.0 Å². The Hall–Kier alpha value is -4.93. The maximum Gasteiger partial charge on any atom is 0.407 e. The fourth-order valence-corrected chi connectivity index (χ4v) is 8.61. The van der Waals surface area contributed by atoms with Gasteiger partial charge in [0, 0.05) is 12.0 Å². The van der Waals surface area contributed by atoms with Crippen LogP contribution in [0, 0.1) is 11.3 Å². The molecule has 4 aliphatic rings. The fourth-order valence-electron chi connectivity index (χ4n) is 7.25. The molecular weight excluding hydrogens is 739 g/mol. The van der Waals surface area contributed by atoms with Gasteiger partial charge in [-0.15, -0.1) is 0 Å². The van der Waals surface area contributed by atoms with Crippen molar-refractivity contribution < 1.29 is 45.9 Å². The highest BCUT2D eigenvalue weighted by Crippen LogP contribution is 2.48. The Bertz CT molecular complexity index is 2110.